The van der Waals surface area contributed by atoms with Crippen LogP contribution in [0.3, 0.4) is 0 Å². The van der Waals surface area contributed by atoms with Gasteiger partial charge in [0.1, 0.15) is 5.82 Å². The van der Waals surface area contributed by atoms with Crippen molar-refractivity contribution >= 4 is 11.9 Å². The van der Waals surface area contributed by atoms with Crippen LogP contribution in [0.1, 0.15) is 37.7 Å². The fourth-order valence-electron chi connectivity index (χ4n) is 2.64. The van der Waals surface area contributed by atoms with E-state index in [2.05, 4.69) is 4.99 Å². The molecule has 0 bridgehead atoms. The number of halogens is 1. The van der Waals surface area contributed by atoms with Crippen molar-refractivity contribution in [3.63, 3.8) is 0 Å². The zero-order valence-electron chi connectivity index (χ0n) is 9.99. The molecule has 0 N–H and O–H groups in total. The number of rotatable bonds is 1. The summed E-state index contributed by atoms with van der Waals surface area (Å²) in [6.45, 7) is 0. The first kappa shape index (κ1) is 11.4. The second-order valence-corrected chi connectivity index (χ2v) is 4.91. The van der Waals surface area contributed by atoms with Crippen LogP contribution in [0.5, 0.6) is 0 Å². The van der Waals surface area contributed by atoms with Crippen LogP contribution < -0.4 is 0 Å². The minimum atomic E-state index is -0.695. The second-order valence-electron chi connectivity index (χ2n) is 4.91. The maximum atomic E-state index is 13.2. The number of hydrogen-bond donors (Lipinski definition) is 0. The topological polar surface area (TPSA) is 38.7 Å². The van der Waals surface area contributed by atoms with Gasteiger partial charge >= 0.3 is 5.97 Å². The van der Waals surface area contributed by atoms with Crippen molar-refractivity contribution in [2.24, 2.45) is 4.99 Å². The predicted molar refractivity (Wildman–Crippen MR) is 64.8 cm³/mol. The van der Waals surface area contributed by atoms with Gasteiger partial charge in [-0.05, 0) is 31.0 Å². The molecular formula is C14H14FNO2. The molecule has 0 unspecified atom stereocenters. The van der Waals surface area contributed by atoms with Crippen LogP contribution in [-0.4, -0.2) is 17.4 Å². The summed E-state index contributed by atoms with van der Waals surface area (Å²) in [6.07, 6.45) is 4.61. The summed E-state index contributed by atoms with van der Waals surface area (Å²) in [5.74, 6) is -0.362. The number of benzene rings is 1. The first-order chi connectivity index (χ1) is 8.70. The Morgan fingerprint density at radius 1 is 1.22 bits per heavy atom. The molecule has 1 aromatic rings. The molecule has 4 heteroatoms. The Hall–Kier alpha value is -1.71. The highest BCUT2D eigenvalue weighted by atomic mass is 19.1. The minimum Gasteiger partial charge on any atom is -0.405 e. The Kier molecular flexibility index (Phi) is 2.65. The Labute approximate surface area is 105 Å². The fraction of sp³-hybridized carbons (Fsp3) is 0.429. The quantitative estimate of drug-likeness (QED) is 0.716. The van der Waals surface area contributed by atoms with Gasteiger partial charge in [-0.25, -0.2) is 14.2 Å². The maximum Gasteiger partial charge on any atom is 0.340 e. The first-order valence-electron chi connectivity index (χ1n) is 6.28. The molecule has 0 aromatic heterocycles. The Morgan fingerprint density at radius 2 is 2.00 bits per heavy atom. The molecule has 0 radical (unpaired) electrons. The van der Waals surface area contributed by atoms with Crippen molar-refractivity contribution in [1.82, 2.24) is 0 Å². The highest BCUT2D eigenvalue weighted by Crippen LogP contribution is 2.37. The molecule has 1 spiro atoms. The van der Waals surface area contributed by atoms with E-state index in [1.54, 1.807) is 12.1 Å². The van der Waals surface area contributed by atoms with Gasteiger partial charge in [0, 0.05) is 5.56 Å². The predicted octanol–water partition coefficient (Wildman–Crippen LogP) is 2.83. The highest BCUT2D eigenvalue weighted by Gasteiger charge is 2.46. The van der Waals surface area contributed by atoms with Crippen molar-refractivity contribution in [2.45, 2.75) is 37.6 Å². The normalized spacial score (nSPS) is 21.8. The summed E-state index contributed by atoms with van der Waals surface area (Å²) in [6, 6.07) is 6.00. The van der Waals surface area contributed by atoms with Crippen LogP contribution >= 0.6 is 0 Å². The van der Waals surface area contributed by atoms with Crippen molar-refractivity contribution in [3.8, 4) is 0 Å². The summed E-state index contributed by atoms with van der Waals surface area (Å²) in [5.41, 5.74) is -0.161. The number of ether oxygens (including phenoxy) is 1. The molecule has 18 heavy (non-hydrogen) atoms. The largest absolute Gasteiger partial charge is 0.405 e. The number of esters is 1. The molecule has 1 aliphatic carbocycles. The van der Waals surface area contributed by atoms with E-state index in [0.717, 1.165) is 32.1 Å². The molecule has 1 heterocycles. The van der Waals surface area contributed by atoms with Crippen LogP contribution in [0.15, 0.2) is 29.3 Å². The van der Waals surface area contributed by atoms with E-state index < -0.39 is 5.54 Å². The molecular weight excluding hydrogens is 233 g/mol. The molecule has 94 valence electrons. The van der Waals surface area contributed by atoms with Gasteiger partial charge in [0.05, 0.1) is 0 Å². The van der Waals surface area contributed by atoms with Gasteiger partial charge in [-0.15, -0.1) is 0 Å². The number of hydrogen-bond acceptors (Lipinski definition) is 3. The third-order valence-corrected chi connectivity index (χ3v) is 3.64. The summed E-state index contributed by atoms with van der Waals surface area (Å²) in [7, 11) is 0. The van der Waals surface area contributed by atoms with Gasteiger partial charge in [-0.2, -0.15) is 0 Å². The molecule has 0 amide bonds. The van der Waals surface area contributed by atoms with Gasteiger partial charge in [-0.1, -0.05) is 25.3 Å². The SMILES string of the molecule is O=C1OC(c2cccc(F)c2)=NC12CCCCC2. The first-order valence-corrected chi connectivity index (χ1v) is 6.28. The lowest BCUT2D eigenvalue weighted by Gasteiger charge is -2.25. The lowest BCUT2D eigenvalue weighted by molar-refractivity contribution is -0.140. The van der Waals surface area contributed by atoms with Gasteiger partial charge in [0.25, 0.3) is 0 Å². The molecule has 3 rings (SSSR count). The number of nitrogens with zero attached hydrogens (tertiary/aromatic N) is 1. The van der Waals surface area contributed by atoms with Crippen LogP contribution in [0.2, 0.25) is 0 Å². The van der Waals surface area contributed by atoms with E-state index in [1.807, 2.05) is 0 Å². The number of aliphatic imine (C=N–C) groups is 1. The Balaban J connectivity index is 1.95. The smallest absolute Gasteiger partial charge is 0.340 e. The van der Waals surface area contributed by atoms with Crippen molar-refractivity contribution in [3.05, 3.63) is 35.6 Å². The second kappa shape index (κ2) is 4.19. The summed E-state index contributed by atoms with van der Waals surface area (Å²) in [5, 5.41) is 0. The molecule has 0 atom stereocenters. The van der Waals surface area contributed by atoms with E-state index in [0.29, 0.717) is 5.56 Å². The lowest BCUT2D eigenvalue weighted by Crippen LogP contribution is -2.35. The molecule has 1 saturated carbocycles. The third-order valence-electron chi connectivity index (χ3n) is 3.64. The fourth-order valence-corrected chi connectivity index (χ4v) is 2.64. The highest BCUT2D eigenvalue weighted by molar-refractivity contribution is 6.07. The maximum absolute atomic E-state index is 13.2. The van der Waals surface area contributed by atoms with Crippen molar-refractivity contribution < 1.29 is 13.9 Å². The zero-order valence-corrected chi connectivity index (χ0v) is 9.99. The van der Waals surface area contributed by atoms with Gasteiger partial charge < -0.3 is 4.74 Å². The molecule has 1 aromatic carbocycles. The van der Waals surface area contributed by atoms with Crippen LogP contribution in [0, 0.1) is 5.82 Å². The van der Waals surface area contributed by atoms with Crippen LogP contribution in [-0.2, 0) is 9.53 Å². The molecule has 0 saturated heterocycles. The minimum absolute atomic E-state index is 0.265. The molecule has 1 fully saturated rings. The van der Waals surface area contributed by atoms with Crippen LogP contribution in [0.4, 0.5) is 4.39 Å². The lowest BCUT2D eigenvalue weighted by atomic mass is 9.83. The average molecular weight is 247 g/mol. The van der Waals surface area contributed by atoms with Crippen molar-refractivity contribution in [1.29, 1.82) is 0 Å². The van der Waals surface area contributed by atoms with E-state index in [1.165, 1.54) is 12.1 Å². The van der Waals surface area contributed by atoms with Gasteiger partial charge in [-0.3, -0.25) is 0 Å². The van der Waals surface area contributed by atoms with E-state index in [9.17, 15) is 9.18 Å². The summed E-state index contributed by atoms with van der Waals surface area (Å²) in [4.78, 5) is 16.4. The number of carbonyl (C=O) groups excluding carboxylic acids is 1. The molecule has 1 aliphatic heterocycles. The van der Waals surface area contributed by atoms with Crippen LogP contribution in [0.25, 0.3) is 0 Å². The number of cyclic esters (lactones) is 1. The van der Waals surface area contributed by atoms with E-state index in [4.69, 9.17) is 4.74 Å². The van der Waals surface area contributed by atoms with E-state index in [-0.39, 0.29) is 17.7 Å². The monoisotopic (exact) mass is 247 g/mol. The van der Waals surface area contributed by atoms with Crippen molar-refractivity contribution in [2.75, 3.05) is 0 Å². The summed E-state index contributed by atoms with van der Waals surface area (Å²) >= 11 is 0. The average Bonchev–Trinajstić information content (AvgIpc) is 2.68. The molecule has 3 nitrogen and oxygen atoms in total. The van der Waals surface area contributed by atoms with Gasteiger partial charge in [0.2, 0.25) is 5.90 Å². The Bertz CT molecular complexity index is 518. The van der Waals surface area contributed by atoms with Gasteiger partial charge in [0.15, 0.2) is 5.54 Å². The Morgan fingerprint density at radius 3 is 2.72 bits per heavy atom. The summed E-state index contributed by atoms with van der Waals surface area (Å²) < 4.78 is 18.4. The standard InChI is InChI=1S/C14H14FNO2/c15-11-6-4-5-10(9-11)12-16-14(13(17)18-12)7-2-1-3-8-14/h4-6,9H,1-3,7-8H2. The third kappa shape index (κ3) is 1.82. The zero-order chi connectivity index (χ0) is 12.6. The number of carbonyl (C=O) groups is 1. The van der Waals surface area contributed by atoms with E-state index >= 15 is 0 Å². The molecule has 2 aliphatic rings.